The van der Waals surface area contributed by atoms with Crippen LogP contribution in [-0.4, -0.2) is 10.2 Å². The summed E-state index contributed by atoms with van der Waals surface area (Å²) in [6, 6.07) is 13.9. The summed E-state index contributed by atoms with van der Waals surface area (Å²) in [6.45, 7) is 1.00. The Morgan fingerprint density at radius 1 is 0.647 bits per heavy atom. The van der Waals surface area contributed by atoms with Crippen molar-refractivity contribution in [3.63, 3.8) is 0 Å². The maximum Gasteiger partial charge on any atom is 0.115 e. The molecule has 0 aromatic heterocycles. The van der Waals surface area contributed by atoms with Crippen LogP contribution in [0.4, 0.5) is 0 Å². The third kappa shape index (κ3) is 3.50. The average Bonchev–Trinajstić information content (AvgIpc) is 2.34. The molecule has 2 aromatic carbocycles. The molecule has 3 heteroatoms. The Bertz CT molecular complexity index is 414. The van der Waals surface area contributed by atoms with E-state index in [0.717, 1.165) is 11.1 Å². The van der Waals surface area contributed by atoms with E-state index < -0.39 is 0 Å². The van der Waals surface area contributed by atoms with Crippen LogP contribution >= 0.6 is 0 Å². The molecular formula is C14H14O3. The number of phenolic OH excluding ortho intramolecular Hbond substituents is 2. The highest BCUT2D eigenvalue weighted by atomic mass is 16.5. The first-order chi connectivity index (χ1) is 8.24. The minimum absolute atomic E-state index is 0.257. The lowest BCUT2D eigenvalue weighted by molar-refractivity contribution is 0.107. The first-order valence-corrected chi connectivity index (χ1v) is 5.37. The van der Waals surface area contributed by atoms with Crippen molar-refractivity contribution < 1.29 is 14.9 Å². The first-order valence-electron chi connectivity index (χ1n) is 5.37. The van der Waals surface area contributed by atoms with Gasteiger partial charge in [-0.1, -0.05) is 24.3 Å². The maximum absolute atomic E-state index is 9.12. The molecule has 0 unspecified atom stereocenters. The number of ether oxygens (including phenoxy) is 1. The summed E-state index contributed by atoms with van der Waals surface area (Å²) < 4.78 is 5.52. The Hall–Kier alpha value is -2.00. The van der Waals surface area contributed by atoms with Gasteiger partial charge in [-0.25, -0.2) is 0 Å². The fraction of sp³-hybridized carbons (Fsp3) is 0.143. The van der Waals surface area contributed by atoms with E-state index in [-0.39, 0.29) is 11.5 Å². The molecule has 0 aliphatic rings. The Kier molecular flexibility index (Phi) is 3.62. The molecule has 0 heterocycles. The number of hydrogen-bond acceptors (Lipinski definition) is 3. The Balaban J connectivity index is 1.83. The molecule has 0 atom stereocenters. The van der Waals surface area contributed by atoms with Gasteiger partial charge < -0.3 is 14.9 Å². The highest BCUT2D eigenvalue weighted by Gasteiger charge is 1.96. The summed E-state index contributed by atoms with van der Waals surface area (Å²) in [5.74, 6) is 0.513. The molecule has 17 heavy (non-hydrogen) atoms. The van der Waals surface area contributed by atoms with Crippen molar-refractivity contribution in [3.8, 4) is 11.5 Å². The molecule has 2 rings (SSSR count). The third-order valence-electron chi connectivity index (χ3n) is 2.41. The Morgan fingerprint density at radius 3 is 1.35 bits per heavy atom. The van der Waals surface area contributed by atoms with Crippen LogP contribution in [0.15, 0.2) is 48.5 Å². The summed E-state index contributed by atoms with van der Waals surface area (Å²) in [7, 11) is 0. The van der Waals surface area contributed by atoms with Crippen LogP contribution in [0, 0.1) is 0 Å². The van der Waals surface area contributed by atoms with Crippen LogP contribution in [0.1, 0.15) is 11.1 Å². The number of benzene rings is 2. The highest BCUT2D eigenvalue weighted by molar-refractivity contribution is 5.26. The van der Waals surface area contributed by atoms with Crippen molar-refractivity contribution in [2.24, 2.45) is 0 Å². The summed E-state index contributed by atoms with van der Waals surface area (Å²) in [6.07, 6.45) is 0. The predicted molar refractivity (Wildman–Crippen MR) is 64.7 cm³/mol. The van der Waals surface area contributed by atoms with Crippen LogP contribution in [0.5, 0.6) is 11.5 Å². The topological polar surface area (TPSA) is 49.7 Å². The molecule has 0 saturated carbocycles. The fourth-order valence-electron chi connectivity index (χ4n) is 1.47. The van der Waals surface area contributed by atoms with E-state index in [0.29, 0.717) is 13.2 Å². The second kappa shape index (κ2) is 5.37. The zero-order valence-electron chi connectivity index (χ0n) is 9.34. The lowest BCUT2D eigenvalue weighted by atomic mass is 10.2. The summed E-state index contributed by atoms with van der Waals surface area (Å²) in [5.41, 5.74) is 2.03. The van der Waals surface area contributed by atoms with Gasteiger partial charge in [0.1, 0.15) is 11.5 Å². The molecule has 0 radical (unpaired) electrons. The van der Waals surface area contributed by atoms with Crippen LogP contribution in [0.3, 0.4) is 0 Å². The highest BCUT2D eigenvalue weighted by Crippen LogP contribution is 2.13. The zero-order valence-corrected chi connectivity index (χ0v) is 9.34. The number of hydrogen-bond donors (Lipinski definition) is 2. The molecular weight excluding hydrogens is 216 g/mol. The summed E-state index contributed by atoms with van der Waals surface area (Å²) in [4.78, 5) is 0. The van der Waals surface area contributed by atoms with Gasteiger partial charge in [0.05, 0.1) is 13.2 Å². The molecule has 0 saturated heterocycles. The lowest BCUT2D eigenvalue weighted by Crippen LogP contribution is -1.93. The van der Waals surface area contributed by atoms with E-state index in [1.807, 2.05) is 24.3 Å². The van der Waals surface area contributed by atoms with Gasteiger partial charge in [-0.2, -0.15) is 0 Å². The van der Waals surface area contributed by atoms with Gasteiger partial charge in [0.2, 0.25) is 0 Å². The Labute approximate surface area is 99.9 Å². The van der Waals surface area contributed by atoms with Crippen molar-refractivity contribution in [2.75, 3.05) is 0 Å². The second-order valence-electron chi connectivity index (χ2n) is 3.83. The van der Waals surface area contributed by atoms with E-state index in [2.05, 4.69) is 0 Å². The molecule has 0 fully saturated rings. The lowest BCUT2D eigenvalue weighted by Gasteiger charge is -2.05. The number of rotatable bonds is 4. The molecule has 88 valence electrons. The van der Waals surface area contributed by atoms with Crippen molar-refractivity contribution in [3.05, 3.63) is 59.7 Å². The van der Waals surface area contributed by atoms with Gasteiger partial charge in [-0.3, -0.25) is 0 Å². The van der Waals surface area contributed by atoms with E-state index in [1.54, 1.807) is 24.3 Å². The smallest absolute Gasteiger partial charge is 0.115 e. The molecule has 0 amide bonds. The molecule has 2 aromatic rings. The molecule has 2 N–H and O–H groups in total. The first kappa shape index (κ1) is 11.5. The number of phenols is 2. The van der Waals surface area contributed by atoms with Crippen molar-refractivity contribution >= 4 is 0 Å². The van der Waals surface area contributed by atoms with Gasteiger partial charge >= 0.3 is 0 Å². The van der Waals surface area contributed by atoms with E-state index in [9.17, 15) is 0 Å². The normalized spacial score (nSPS) is 10.4. The zero-order chi connectivity index (χ0) is 12.1. The fourth-order valence-corrected chi connectivity index (χ4v) is 1.47. The van der Waals surface area contributed by atoms with Gasteiger partial charge in [-0.05, 0) is 35.4 Å². The maximum atomic E-state index is 9.12. The molecule has 0 aliphatic heterocycles. The standard InChI is InChI=1S/C14H14O3/c15-13-5-1-11(2-6-13)9-17-10-12-3-7-14(16)8-4-12/h1-8,15-16H,9-10H2. The van der Waals surface area contributed by atoms with Gasteiger partial charge in [0.15, 0.2) is 0 Å². The summed E-state index contributed by atoms with van der Waals surface area (Å²) in [5, 5.41) is 18.2. The Morgan fingerprint density at radius 2 is 1.00 bits per heavy atom. The van der Waals surface area contributed by atoms with Gasteiger partial charge in [-0.15, -0.1) is 0 Å². The largest absolute Gasteiger partial charge is 0.508 e. The SMILES string of the molecule is Oc1ccc(COCc2ccc(O)cc2)cc1. The quantitative estimate of drug-likeness (QED) is 0.849. The van der Waals surface area contributed by atoms with Gasteiger partial charge in [0, 0.05) is 0 Å². The predicted octanol–water partition coefficient (Wildman–Crippen LogP) is 2.81. The minimum Gasteiger partial charge on any atom is -0.508 e. The van der Waals surface area contributed by atoms with Crippen molar-refractivity contribution in [2.45, 2.75) is 13.2 Å². The van der Waals surface area contributed by atoms with Gasteiger partial charge in [0.25, 0.3) is 0 Å². The molecule has 0 bridgehead atoms. The molecule has 3 nitrogen and oxygen atoms in total. The van der Waals surface area contributed by atoms with E-state index in [1.165, 1.54) is 0 Å². The van der Waals surface area contributed by atoms with E-state index >= 15 is 0 Å². The van der Waals surface area contributed by atoms with Crippen LogP contribution in [0.2, 0.25) is 0 Å². The molecule has 0 aliphatic carbocycles. The minimum atomic E-state index is 0.257. The van der Waals surface area contributed by atoms with Crippen LogP contribution in [0.25, 0.3) is 0 Å². The van der Waals surface area contributed by atoms with Crippen LogP contribution < -0.4 is 0 Å². The second-order valence-corrected chi connectivity index (χ2v) is 3.83. The van der Waals surface area contributed by atoms with Crippen molar-refractivity contribution in [1.29, 1.82) is 0 Å². The van der Waals surface area contributed by atoms with Crippen LogP contribution in [-0.2, 0) is 18.0 Å². The van der Waals surface area contributed by atoms with Crippen molar-refractivity contribution in [1.82, 2.24) is 0 Å². The monoisotopic (exact) mass is 230 g/mol. The molecule has 0 spiro atoms. The average molecular weight is 230 g/mol. The summed E-state index contributed by atoms with van der Waals surface area (Å²) >= 11 is 0. The number of aromatic hydroxyl groups is 2. The third-order valence-corrected chi connectivity index (χ3v) is 2.41. The van der Waals surface area contributed by atoms with E-state index in [4.69, 9.17) is 14.9 Å².